The predicted octanol–water partition coefficient (Wildman–Crippen LogP) is 2.06. The van der Waals surface area contributed by atoms with E-state index in [9.17, 15) is 10.1 Å². The Balaban J connectivity index is 3.00. The van der Waals surface area contributed by atoms with Gasteiger partial charge in [0, 0.05) is 6.07 Å². The van der Waals surface area contributed by atoms with E-state index < -0.39 is 4.92 Å². The van der Waals surface area contributed by atoms with Gasteiger partial charge in [-0.3, -0.25) is 10.1 Å². The lowest BCUT2D eigenvalue weighted by molar-refractivity contribution is -0.385. The molecule has 1 radical (unpaired) electrons. The average molecular weight is 150 g/mol. The van der Waals surface area contributed by atoms with Gasteiger partial charge in [-0.05, 0) is 12.1 Å². The van der Waals surface area contributed by atoms with Gasteiger partial charge in [-0.1, -0.05) is 0 Å². The Labute approximate surface area is 62.3 Å². The molecule has 0 aliphatic carbocycles. The van der Waals surface area contributed by atoms with E-state index in [1.807, 2.05) is 0 Å². The Kier molecular flexibility index (Phi) is 1.91. The van der Waals surface area contributed by atoms with Crippen molar-refractivity contribution in [3.63, 3.8) is 0 Å². The highest BCUT2D eigenvalue weighted by Crippen LogP contribution is 2.16. The molecule has 0 spiro atoms. The molecule has 0 fully saturated rings. The maximum absolute atomic E-state index is 10.1. The van der Waals surface area contributed by atoms with E-state index in [1.54, 1.807) is 0 Å². The summed E-state index contributed by atoms with van der Waals surface area (Å²) in [6, 6.07) is 6.32. The van der Waals surface area contributed by atoms with Crippen LogP contribution in [0.25, 0.3) is 0 Å². The topological polar surface area (TPSA) is 79.3 Å². The maximum Gasteiger partial charge on any atom is 0.277 e. The van der Waals surface area contributed by atoms with Gasteiger partial charge in [0.25, 0.3) is 5.69 Å². The maximum atomic E-state index is 10.1. The predicted molar refractivity (Wildman–Crippen MR) is 36.7 cm³/mol. The standard InChI is InChI=1S/C6H4N3O2/c7-8-5-1-3-6(4-2-5)9(10)11/h1-3,7H. The van der Waals surface area contributed by atoms with Gasteiger partial charge in [0.2, 0.25) is 0 Å². The molecule has 0 aromatic heterocycles. The molecular formula is C6H4N3O2. The van der Waals surface area contributed by atoms with Crippen molar-refractivity contribution < 1.29 is 4.92 Å². The second-order valence-electron chi connectivity index (χ2n) is 1.80. The van der Waals surface area contributed by atoms with E-state index in [1.165, 1.54) is 18.2 Å². The normalized spacial score (nSPS) is 9.09. The highest BCUT2D eigenvalue weighted by molar-refractivity contribution is 5.42. The van der Waals surface area contributed by atoms with Crippen LogP contribution in [0, 0.1) is 21.7 Å². The molecule has 0 saturated carbocycles. The molecule has 0 saturated heterocycles. The third-order valence-electron chi connectivity index (χ3n) is 1.11. The summed E-state index contributed by atoms with van der Waals surface area (Å²) >= 11 is 0. The van der Waals surface area contributed by atoms with Crippen molar-refractivity contribution in [1.82, 2.24) is 0 Å². The van der Waals surface area contributed by atoms with Crippen molar-refractivity contribution in [3.05, 3.63) is 34.4 Å². The van der Waals surface area contributed by atoms with E-state index >= 15 is 0 Å². The van der Waals surface area contributed by atoms with Gasteiger partial charge in [0.1, 0.15) is 0 Å². The molecule has 1 rings (SSSR count). The molecule has 0 heterocycles. The molecule has 5 nitrogen and oxygen atoms in total. The monoisotopic (exact) mass is 150 g/mol. The highest BCUT2D eigenvalue weighted by atomic mass is 16.6. The minimum atomic E-state index is -0.548. The molecule has 0 unspecified atom stereocenters. The van der Waals surface area contributed by atoms with Gasteiger partial charge < -0.3 is 0 Å². The van der Waals surface area contributed by atoms with E-state index in [-0.39, 0.29) is 5.69 Å². The number of benzene rings is 1. The molecule has 0 aliphatic rings. The fourth-order valence-corrected chi connectivity index (χ4v) is 0.592. The number of nitrogens with one attached hydrogen (secondary N) is 1. The lowest BCUT2D eigenvalue weighted by Gasteiger charge is -1.89. The molecule has 0 amide bonds. The number of rotatable bonds is 2. The second-order valence-corrected chi connectivity index (χ2v) is 1.80. The molecule has 5 heteroatoms. The average Bonchev–Trinajstić information content (AvgIpc) is 2.05. The van der Waals surface area contributed by atoms with Crippen molar-refractivity contribution in [2.75, 3.05) is 0 Å². The first kappa shape index (κ1) is 7.33. The summed E-state index contributed by atoms with van der Waals surface area (Å²) in [5.41, 5.74) is 6.80. The minimum absolute atomic E-state index is 0.114. The smallest absolute Gasteiger partial charge is 0.258 e. The largest absolute Gasteiger partial charge is 0.277 e. The van der Waals surface area contributed by atoms with Gasteiger partial charge in [0.05, 0.1) is 16.7 Å². The number of nitrogens with zero attached hydrogens (tertiary/aromatic N) is 2. The van der Waals surface area contributed by atoms with Crippen LogP contribution in [0.15, 0.2) is 23.3 Å². The molecule has 0 atom stereocenters. The highest BCUT2D eigenvalue weighted by Gasteiger charge is 2.02. The summed E-state index contributed by atoms with van der Waals surface area (Å²) < 4.78 is 0. The Hall–Kier alpha value is -1.78. The number of nitro groups is 1. The summed E-state index contributed by atoms with van der Waals surface area (Å²) in [4.78, 5) is 9.55. The Morgan fingerprint density at radius 3 is 2.73 bits per heavy atom. The van der Waals surface area contributed by atoms with Crippen LogP contribution in [-0.4, -0.2) is 4.92 Å². The Bertz CT molecular complexity index is 280. The molecule has 0 aliphatic heterocycles. The first-order valence-electron chi connectivity index (χ1n) is 2.77. The Morgan fingerprint density at radius 1 is 1.64 bits per heavy atom. The van der Waals surface area contributed by atoms with Crippen LogP contribution in [0.4, 0.5) is 11.4 Å². The first-order valence-corrected chi connectivity index (χ1v) is 2.77. The molecule has 0 bridgehead atoms. The Morgan fingerprint density at radius 2 is 2.36 bits per heavy atom. The van der Waals surface area contributed by atoms with Gasteiger partial charge in [-0.2, -0.15) is 5.11 Å². The van der Waals surface area contributed by atoms with Crippen LogP contribution < -0.4 is 0 Å². The molecule has 1 N–H and O–H groups in total. The van der Waals surface area contributed by atoms with Crippen molar-refractivity contribution in [2.45, 2.75) is 0 Å². The fraction of sp³-hybridized carbons (Fsp3) is 0. The number of hydrogen-bond acceptors (Lipinski definition) is 4. The van der Waals surface area contributed by atoms with Crippen molar-refractivity contribution in [1.29, 1.82) is 5.53 Å². The van der Waals surface area contributed by atoms with Crippen LogP contribution in [0.5, 0.6) is 0 Å². The van der Waals surface area contributed by atoms with Crippen LogP contribution in [-0.2, 0) is 0 Å². The zero-order valence-electron chi connectivity index (χ0n) is 5.44. The zero-order valence-corrected chi connectivity index (χ0v) is 5.44. The number of nitro benzene ring substituents is 1. The molecule has 1 aromatic rings. The summed E-state index contributed by atoms with van der Waals surface area (Å²) in [5, 5.41) is 13.2. The fourth-order valence-electron chi connectivity index (χ4n) is 0.592. The summed E-state index contributed by atoms with van der Waals surface area (Å²) in [7, 11) is 0. The van der Waals surface area contributed by atoms with Crippen molar-refractivity contribution in [3.8, 4) is 0 Å². The second kappa shape index (κ2) is 2.87. The SMILES string of the molecule is N=Nc1c[c]c([N+](=O)[O-])cc1. The minimum Gasteiger partial charge on any atom is -0.258 e. The lowest BCUT2D eigenvalue weighted by Crippen LogP contribution is -1.85. The molecule has 11 heavy (non-hydrogen) atoms. The van der Waals surface area contributed by atoms with Gasteiger partial charge >= 0.3 is 0 Å². The summed E-state index contributed by atoms with van der Waals surface area (Å²) in [6.07, 6.45) is 0. The van der Waals surface area contributed by atoms with Crippen molar-refractivity contribution >= 4 is 11.4 Å². The van der Waals surface area contributed by atoms with Gasteiger partial charge in [0.15, 0.2) is 0 Å². The van der Waals surface area contributed by atoms with E-state index in [2.05, 4.69) is 11.2 Å². The zero-order chi connectivity index (χ0) is 8.27. The summed E-state index contributed by atoms with van der Waals surface area (Å²) in [6.45, 7) is 0. The molecule has 1 aromatic carbocycles. The van der Waals surface area contributed by atoms with Crippen LogP contribution in [0.2, 0.25) is 0 Å². The number of non-ortho nitro benzene ring substituents is 1. The van der Waals surface area contributed by atoms with Crippen LogP contribution >= 0.6 is 0 Å². The summed E-state index contributed by atoms with van der Waals surface area (Å²) in [5.74, 6) is 0. The molecular weight excluding hydrogens is 146 g/mol. The van der Waals surface area contributed by atoms with Gasteiger partial charge in [-0.25, -0.2) is 5.53 Å². The first-order chi connectivity index (χ1) is 5.24. The van der Waals surface area contributed by atoms with Crippen molar-refractivity contribution in [2.24, 2.45) is 5.11 Å². The number of hydrogen-bond donors (Lipinski definition) is 1. The third kappa shape index (κ3) is 1.57. The van der Waals surface area contributed by atoms with E-state index in [0.29, 0.717) is 5.69 Å². The van der Waals surface area contributed by atoms with Crippen LogP contribution in [0.1, 0.15) is 0 Å². The van der Waals surface area contributed by atoms with E-state index in [4.69, 9.17) is 5.53 Å². The lowest BCUT2D eigenvalue weighted by atomic mass is 10.3. The van der Waals surface area contributed by atoms with Crippen LogP contribution in [0.3, 0.4) is 0 Å². The molecule has 55 valence electrons. The third-order valence-corrected chi connectivity index (χ3v) is 1.11. The quantitative estimate of drug-likeness (QED) is 0.397. The van der Waals surface area contributed by atoms with Gasteiger partial charge in [-0.15, -0.1) is 0 Å². The van der Waals surface area contributed by atoms with E-state index in [0.717, 1.165) is 0 Å².